The van der Waals surface area contributed by atoms with Gasteiger partial charge in [-0.05, 0) is 44.2 Å². The van der Waals surface area contributed by atoms with Crippen molar-refractivity contribution in [3.8, 4) is 0 Å². The Hall–Kier alpha value is -1.68. The van der Waals surface area contributed by atoms with Gasteiger partial charge < -0.3 is 4.42 Å². The van der Waals surface area contributed by atoms with Gasteiger partial charge in [0.05, 0.1) is 6.54 Å². The summed E-state index contributed by atoms with van der Waals surface area (Å²) in [6.45, 7) is 1.94. The van der Waals surface area contributed by atoms with Gasteiger partial charge in [-0.25, -0.2) is 0 Å². The molecule has 4 nitrogen and oxygen atoms in total. The van der Waals surface area contributed by atoms with Crippen LogP contribution in [0.3, 0.4) is 0 Å². The van der Waals surface area contributed by atoms with Gasteiger partial charge in [0.25, 0.3) is 0 Å². The number of hydrogen-bond acceptors (Lipinski definition) is 4. The lowest BCUT2D eigenvalue weighted by Gasteiger charge is -2.34. The lowest BCUT2D eigenvalue weighted by atomic mass is 9.95. The van der Waals surface area contributed by atoms with Gasteiger partial charge in [0.15, 0.2) is 0 Å². The Labute approximate surface area is 131 Å². The standard InChI is InChI=1S/C18H23N3O/c1-2-6-14(7-3-1)12-16-8-4-5-11-21(16)13-17-19-20-18(22-17)15-9-10-15/h1-3,6-7,15-16H,4-5,8-13H2/t16-/m0/s1. The Balaban J connectivity index is 1.43. The zero-order valence-corrected chi connectivity index (χ0v) is 12.9. The summed E-state index contributed by atoms with van der Waals surface area (Å²) < 4.78 is 5.84. The summed E-state index contributed by atoms with van der Waals surface area (Å²) >= 11 is 0. The lowest BCUT2D eigenvalue weighted by Crippen LogP contribution is -2.40. The highest BCUT2D eigenvalue weighted by Gasteiger charge is 2.30. The third kappa shape index (κ3) is 3.22. The summed E-state index contributed by atoms with van der Waals surface area (Å²) in [6, 6.07) is 11.4. The van der Waals surface area contributed by atoms with Crippen molar-refractivity contribution in [2.45, 2.75) is 57.0 Å². The van der Waals surface area contributed by atoms with Crippen LogP contribution in [-0.2, 0) is 13.0 Å². The van der Waals surface area contributed by atoms with Gasteiger partial charge in [-0.3, -0.25) is 4.90 Å². The largest absolute Gasteiger partial charge is 0.424 e. The highest BCUT2D eigenvalue weighted by atomic mass is 16.4. The molecule has 4 rings (SSSR count). The van der Waals surface area contributed by atoms with E-state index in [1.807, 2.05) is 0 Å². The first kappa shape index (κ1) is 13.9. The molecule has 2 aromatic rings. The zero-order valence-electron chi connectivity index (χ0n) is 12.9. The van der Waals surface area contributed by atoms with Crippen LogP contribution in [0.2, 0.25) is 0 Å². The van der Waals surface area contributed by atoms with Crippen LogP contribution in [0.1, 0.15) is 55.4 Å². The molecule has 0 amide bonds. The minimum absolute atomic E-state index is 0.544. The molecule has 0 bridgehead atoms. The van der Waals surface area contributed by atoms with Gasteiger partial charge in [-0.15, -0.1) is 10.2 Å². The van der Waals surface area contributed by atoms with Gasteiger partial charge in [0.1, 0.15) is 0 Å². The molecule has 2 heterocycles. The van der Waals surface area contributed by atoms with E-state index in [0.717, 1.165) is 31.3 Å². The van der Waals surface area contributed by atoms with E-state index in [2.05, 4.69) is 45.4 Å². The number of hydrogen-bond donors (Lipinski definition) is 0. The quantitative estimate of drug-likeness (QED) is 0.846. The van der Waals surface area contributed by atoms with Crippen molar-refractivity contribution in [2.24, 2.45) is 0 Å². The van der Waals surface area contributed by atoms with Crippen LogP contribution >= 0.6 is 0 Å². The average molecular weight is 297 g/mol. The number of rotatable bonds is 5. The van der Waals surface area contributed by atoms with Gasteiger partial charge >= 0.3 is 0 Å². The number of nitrogens with zero attached hydrogens (tertiary/aromatic N) is 3. The molecular formula is C18H23N3O. The van der Waals surface area contributed by atoms with Crippen molar-refractivity contribution in [1.29, 1.82) is 0 Å². The normalized spacial score (nSPS) is 22.8. The molecule has 1 aliphatic carbocycles. The second-order valence-corrected chi connectivity index (χ2v) is 6.62. The van der Waals surface area contributed by atoms with Crippen LogP contribution in [0, 0.1) is 0 Å². The van der Waals surface area contributed by atoms with Gasteiger partial charge in [-0.1, -0.05) is 36.8 Å². The van der Waals surface area contributed by atoms with E-state index in [0.29, 0.717) is 12.0 Å². The van der Waals surface area contributed by atoms with Crippen LogP contribution in [0.5, 0.6) is 0 Å². The van der Waals surface area contributed by atoms with E-state index in [9.17, 15) is 0 Å². The third-order valence-electron chi connectivity index (χ3n) is 4.81. The average Bonchev–Trinajstić information content (AvgIpc) is 3.30. The molecule has 1 aromatic carbocycles. The summed E-state index contributed by atoms with van der Waals surface area (Å²) in [5.74, 6) is 2.19. The van der Waals surface area contributed by atoms with Gasteiger partial charge in [0, 0.05) is 12.0 Å². The summed E-state index contributed by atoms with van der Waals surface area (Å²) in [7, 11) is 0. The van der Waals surface area contributed by atoms with Crippen molar-refractivity contribution in [3.05, 3.63) is 47.7 Å². The predicted octanol–water partition coefficient (Wildman–Crippen LogP) is 3.54. The first-order valence-corrected chi connectivity index (χ1v) is 8.49. The molecule has 0 radical (unpaired) electrons. The first-order chi connectivity index (χ1) is 10.9. The molecule has 1 aliphatic heterocycles. The van der Waals surface area contributed by atoms with Crippen LogP contribution < -0.4 is 0 Å². The highest BCUT2D eigenvalue weighted by molar-refractivity contribution is 5.16. The molecule has 0 spiro atoms. The van der Waals surface area contributed by atoms with Crippen LogP contribution in [0.4, 0.5) is 0 Å². The summed E-state index contributed by atoms with van der Waals surface area (Å²) in [4.78, 5) is 2.53. The predicted molar refractivity (Wildman–Crippen MR) is 84.5 cm³/mol. The maximum atomic E-state index is 5.84. The van der Waals surface area contributed by atoms with E-state index in [4.69, 9.17) is 4.42 Å². The SMILES string of the molecule is c1ccc(C[C@@H]2CCCCN2Cc2nnc(C3CC3)o2)cc1. The van der Waals surface area contributed by atoms with Crippen LogP contribution in [-0.4, -0.2) is 27.7 Å². The fourth-order valence-corrected chi connectivity index (χ4v) is 3.38. The topological polar surface area (TPSA) is 42.2 Å². The van der Waals surface area contributed by atoms with E-state index < -0.39 is 0 Å². The fraction of sp³-hybridized carbons (Fsp3) is 0.556. The monoisotopic (exact) mass is 297 g/mol. The van der Waals surface area contributed by atoms with Crippen LogP contribution in [0.25, 0.3) is 0 Å². The molecule has 2 aliphatic rings. The fourth-order valence-electron chi connectivity index (χ4n) is 3.38. The molecule has 1 aromatic heterocycles. The molecule has 1 saturated heterocycles. The van der Waals surface area contributed by atoms with E-state index in [1.54, 1.807) is 0 Å². The molecule has 4 heteroatoms. The number of aromatic nitrogens is 2. The zero-order chi connectivity index (χ0) is 14.8. The lowest BCUT2D eigenvalue weighted by molar-refractivity contribution is 0.126. The number of likely N-dealkylation sites (tertiary alicyclic amines) is 1. The van der Waals surface area contributed by atoms with Crippen molar-refractivity contribution in [3.63, 3.8) is 0 Å². The van der Waals surface area contributed by atoms with Crippen molar-refractivity contribution < 1.29 is 4.42 Å². The third-order valence-corrected chi connectivity index (χ3v) is 4.81. The molecule has 116 valence electrons. The van der Waals surface area contributed by atoms with E-state index in [1.165, 1.54) is 37.7 Å². The smallest absolute Gasteiger partial charge is 0.230 e. The minimum atomic E-state index is 0.544. The number of benzene rings is 1. The summed E-state index contributed by atoms with van der Waals surface area (Å²) in [6.07, 6.45) is 7.40. The van der Waals surface area contributed by atoms with E-state index in [-0.39, 0.29) is 0 Å². The van der Waals surface area contributed by atoms with Gasteiger partial charge in [0.2, 0.25) is 11.8 Å². The molecular weight excluding hydrogens is 274 g/mol. The molecule has 1 atom stereocenters. The second kappa shape index (κ2) is 6.21. The van der Waals surface area contributed by atoms with E-state index >= 15 is 0 Å². The highest BCUT2D eigenvalue weighted by Crippen LogP contribution is 2.39. The molecule has 1 saturated carbocycles. The molecule has 22 heavy (non-hydrogen) atoms. The first-order valence-electron chi connectivity index (χ1n) is 8.49. The molecule has 0 unspecified atom stereocenters. The maximum absolute atomic E-state index is 5.84. The summed E-state index contributed by atoms with van der Waals surface area (Å²) in [5.41, 5.74) is 1.42. The Bertz CT molecular complexity index is 606. The Morgan fingerprint density at radius 3 is 2.73 bits per heavy atom. The van der Waals surface area contributed by atoms with Crippen molar-refractivity contribution in [1.82, 2.24) is 15.1 Å². The Morgan fingerprint density at radius 2 is 1.91 bits per heavy atom. The Kier molecular flexibility index (Phi) is 3.94. The van der Waals surface area contributed by atoms with Crippen molar-refractivity contribution in [2.75, 3.05) is 6.54 Å². The van der Waals surface area contributed by atoms with Crippen LogP contribution in [0.15, 0.2) is 34.7 Å². The van der Waals surface area contributed by atoms with Gasteiger partial charge in [-0.2, -0.15) is 0 Å². The Morgan fingerprint density at radius 1 is 1.05 bits per heavy atom. The van der Waals surface area contributed by atoms with Crippen molar-refractivity contribution >= 4 is 0 Å². The molecule has 2 fully saturated rings. The molecule has 0 N–H and O–H groups in total. The second-order valence-electron chi connectivity index (χ2n) is 6.62. The number of piperidine rings is 1. The minimum Gasteiger partial charge on any atom is -0.424 e. The summed E-state index contributed by atoms with van der Waals surface area (Å²) in [5, 5.41) is 8.46. The maximum Gasteiger partial charge on any atom is 0.230 e.